The molecule has 0 aromatic heterocycles. The van der Waals surface area contributed by atoms with E-state index < -0.39 is 4.92 Å². The van der Waals surface area contributed by atoms with E-state index in [0.717, 1.165) is 11.1 Å². The van der Waals surface area contributed by atoms with Crippen molar-refractivity contribution in [1.82, 2.24) is 0 Å². The quantitative estimate of drug-likeness (QED) is 0.616. The molecule has 0 bridgehead atoms. The van der Waals surface area contributed by atoms with Gasteiger partial charge in [-0.15, -0.1) is 0 Å². The molecular weight excluding hydrogens is 336 g/mol. The van der Waals surface area contributed by atoms with Crippen molar-refractivity contribution in [2.24, 2.45) is 0 Å². The Labute approximate surface area is 130 Å². The lowest BCUT2D eigenvalue weighted by atomic mass is 10.1. The van der Waals surface area contributed by atoms with Gasteiger partial charge in [0.15, 0.2) is 0 Å². The molecule has 0 radical (unpaired) electrons. The third kappa shape index (κ3) is 3.38. The zero-order valence-corrected chi connectivity index (χ0v) is 12.8. The predicted octanol–water partition coefficient (Wildman–Crippen LogP) is 4.12. The van der Waals surface area contributed by atoms with Crippen LogP contribution in [0.15, 0.2) is 40.9 Å². The molecular formula is C15H11BrN2O3. The van der Waals surface area contributed by atoms with E-state index in [1.807, 2.05) is 6.92 Å². The Bertz CT molecular complexity index is 738. The third-order valence-electron chi connectivity index (χ3n) is 2.99. The van der Waals surface area contributed by atoms with Crippen LogP contribution in [-0.2, 0) is 6.61 Å². The molecule has 106 valence electrons. The molecule has 2 rings (SSSR count). The van der Waals surface area contributed by atoms with Crippen LogP contribution in [0.4, 0.5) is 5.69 Å². The Balaban J connectivity index is 2.25. The number of ether oxygens (including phenoxy) is 1. The van der Waals surface area contributed by atoms with Gasteiger partial charge < -0.3 is 4.74 Å². The fraction of sp³-hybridized carbons (Fsp3) is 0.133. The number of para-hydroxylation sites is 1. The zero-order chi connectivity index (χ0) is 15.4. The number of aryl methyl sites for hydroxylation is 1. The highest BCUT2D eigenvalue weighted by Crippen LogP contribution is 2.35. The number of nitriles is 1. The van der Waals surface area contributed by atoms with Crippen molar-refractivity contribution in [2.45, 2.75) is 13.5 Å². The average Bonchev–Trinajstić information content (AvgIpc) is 2.46. The minimum absolute atomic E-state index is 0.0873. The number of nitrogens with zero attached hydrogens (tertiary/aromatic N) is 2. The summed E-state index contributed by atoms with van der Waals surface area (Å²) in [5.41, 5.74) is 2.27. The summed E-state index contributed by atoms with van der Waals surface area (Å²) in [6.45, 7) is 2.06. The van der Waals surface area contributed by atoms with Gasteiger partial charge in [0, 0.05) is 6.07 Å². The molecule has 0 unspecified atom stereocenters. The first-order chi connectivity index (χ1) is 10.0. The molecule has 0 aliphatic rings. The summed E-state index contributed by atoms with van der Waals surface area (Å²) >= 11 is 3.26. The number of hydrogen-bond donors (Lipinski definition) is 0. The van der Waals surface area contributed by atoms with E-state index in [-0.39, 0.29) is 18.0 Å². The molecule has 5 nitrogen and oxygen atoms in total. The van der Waals surface area contributed by atoms with Crippen molar-refractivity contribution >= 4 is 21.6 Å². The molecule has 0 spiro atoms. The first-order valence-electron chi connectivity index (χ1n) is 6.08. The van der Waals surface area contributed by atoms with Crippen LogP contribution in [0, 0.1) is 28.4 Å². The fourth-order valence-corrected chi connectivity index (χ4v) is 2.33. The molecule has 0 aliphatic heterocycles. The van der Waals surface area contributed by atoms with Gasteiger partial charge in [-0.3, -0.25) is 10.1 Å². The van der Waals surface area contributed by atoms with Crippen LogP contribution in [0.25, 0.3) is 0 Å². The summed E-state index contributed by atoms with van der Waals surface area (Å²) in [4.78, 5) is 10.5. The molecule has 0 heterocycles. The maximum absolute atomic E-state index is 11.0. The lowest BCUT2D eigenvalue weighted by Gasteiger charge is -2.10. The van der Waals surface area contributed by atoms with Crippen LogP contribution >= 0.6 is 15.9 Å². The number of hydrogen-bond acceptors (Lipinski definition) is 4. The van der Waals surface area contributed by atoms with E-state index in [1.54, 1.807) is 30.3 Å². The predicted molar refractivity (Wildman–Crippen MR) is 81.0 cm³/mol. The van der Waals surface area contributed by atoms with E-state index in [0.29, 0.717) is 10.0 Å². The lowest BCUT2D eigenvalue weighted by molar-refractivity contribution is -0.386. The minimum atomic E-state index is -0.480. The second kappa shape index (κ2) is 6.37. The Morgan fingerprint density at radius 3 is 2.76 bits per heavy atom. The fourth-order valence-electron chi connectivity index (χ4n) is 1.86. The SMILES string of the molecule is Cc1cc(C#N)ccc1COc1c(Br)cccc1[N+](=O)[O-]. The van der Waals surface area contributed by atoms with E-state index >= 15 is 0 Å². The highest BCUT2D eigenvalue weighted by atomic mass is 79.9. The number of rotatable bonds is 4. The molecule has 2 aromatic carbocycles. The van der Waals surface area contributed by atoms with Crippen molar-refractivity contribution in [1.29, 1.82) is 5.26 Å². The first-order valence-corrected chi connectivity index (χ1v) is 6.87. The Morgan fingerprint density at radius 1 is 1.38 bits per heavy atom. The maximum Gasteiger partial charge on any atom is 0.312 e. The lowest BCUT2D eigenvalue weighted by Crippen LogP contribution is -2.01. The van der Waals surface area contributed by atoms with Gasteiger partial charge in [0.1, 0.15) is 6.61 Å². The van der Waals surface area contributed by atoms with Gasteiger partial charge in [-0.05, 0) is 52.2 Å². The van der Waals surface area contributed by atoms with Crippen LogP contribution in [0.2, 0.25) is 0 Å². The molecule has 0 atom stereocenters. The van der Waals surface area contributed by atoms with Crippen LogP contribution in [0.3, 0.4) is 0 Å². The summed E-state index contributed by atoms with van der Waals surface area (Å²) in [5.74, 6) is 0.200. The van der Waals surface area contributed by atoms with Gasteiger partial charge in [0.2, 0.25) is 5.75 Å². The van der Waals surface area contributed by atoms with Crippen molar-refractivity contribution in [2.75, 3.05) is 0 Å². The smallest absolute Gasteiger partial charge is 0.312 e. The normalized spacial score (nSPS) is 9.95. The number of halogens is 1. The summed E-state index contributed by atoms with van der Waals surface area (Å²) in [6.07, 6.45) is 0. The monoisotopic (exact) mass is 346 g/mol. The molecule has 21 heavy (non-hydrogen) atoms. The third-order valence-corrected chi connectivity index (χ3v) is 3.61. The Hall–Kier alpha value is -2.39. The molecule has 0 saturated carbocycles. The second-order valence-corrected chi connectivity index (χ2v) is 5.24. The highest BCUT2D eigenvalue weighted by Gasteiger charge is 2.18. The zero-order valence-electron chi connectivity index (χ0n) is 11.2. The summed E-state index contributed by atoms with van der Waals surface area (Å²) < 4.78 is 6.13. The van der Waals surface area contributed by atoms with Gasteiger partial charge in [-0.25, -0.2) is 0 Å². The average molecular weight is 347 g/mol. The van der Waals surface area contributed by atoms with Crippen LogP contribution in [-0.4, -0.2) is 4.92 Å². The summed E-state index contributed by atoms with van der Waals surface area (Å²) in [5, 5.41) is 19.8. The Morgan fingerprint density at radius 2 is 2.14 bits per heavy atom. The topological polar surface area (TPSA) is 76.2 Å². The molecule has 0 amide bonds. The number of nitro groups is 1. The maximum atomic E-state index is 11.0. The molecule has 0 saturated heterocycles. The van der Waals surface area contributed by atoms with Gasteiger partial charge in [-0.2, -0.15) is 5.26 Å². The van der Waals surface area contributed by atoms with Crippen molar-refractivity contribution in [3.05, 3.63) is 67.7 Å². The van der Waals surface area contributed by atoms with Gasteiger partial charge in [0.05, 0.1) is 21.0 Å². The molecule has 0 aliphatic carbocycles. The van der Waals surface area contributed by atoms with Crippen LogP contribution < -0.4 is 4.74 Å². The van der Waals surface area contributed by atoms with Crippen molar-refractivity contribution in [3.8, 4) is 11.8 Å². The van der Waals surface area contributed by atoms with Crippen LogP contribution in [0.1, 0.15) is 16.7 Å². The summed E-state index contributed by atoms with van der Waals surface area (Å²) in [6, 6.07) is 12.0. The van der Waals surface area contributed by atoms with E-state index in [9.17, 15) is 10.1 Å². The van der Waals surface area contributed by atoms with Gasteiger partial charge in [0.25, 0.3) is 0 Å². The van der Waals surface area contributed by atoms with E-state index in [1.165, 1.54) is 6.07 Å². The number of nitro benzene ring substituents is 1. The number of benzene rings is 2. The largest absolute Gasteiger partial charge is 0.481 e. The minimum Gasteiger partial charge on any atom is -0.481 e. The Kier molecular flexibility index (Phi) is 4.55. The molecule has 6 heteroatoms. The van der Waals surface area contributed by atoms with E-state index in [2.05, 4.69) is 22.0 Å². The van der Waals surface area contributed by atoms with Crippen LogP contribution in [0.5, 0.6) is 5.75 Å². The first kappa shape index (κ1) is 15.0. The molecule has 0 fully saturated rings. The van der Waals surface area contributed by atoms with Crippen molar-refractivity contribution < 1.29 is 9.66 Å². The summed E-state index contributed by atoms with van der Waals surface area (Å²) in [7, 11) is 0. The van der Waals surface area contributed by atoms with Gasteiger partial charge >= 0.3 is 5.69 Å². The van der Waals surface area contributed by atoms with E-state index in [4.69, 9.17) is 10.00 Å². The molecule has 0 N–H and O–H groups in total. The standard InChI is InChI=1S/C15H11BrN2O3/c1-10-7-11(8-17)5-6-12(10)9-21-15-13(16)3-2-4-14(15)18(19)20/h2-7H,9H2,1H3. The van der Waals surface area contributed by atoms with Crippen molar-refractivity contribution in [3.63, 3.8) is 0 Å². The van der Waals surface area contributed by atoms with Gasteiger partial charge in [-0.1, -0.05) is 12.1 Å². The highest BCUT2D eigenvalue weighted by molar-refractivity contribution is 9.10. The molecule has 2 aromatic rings. The second-order valence-electron chi connectivity index (χ2n) is 4.39.